The Morgan fingerprint density at radius 2 is 1.88 bits per heavy atom. The predicted octanol–water partition coefficient (Wildman–Crippen LogP) is 4.53. The van der Waals surface area contributed by atoms with Gasteiger partial charge < -0.3 is 4.74 Å². The molecule has 0 aromatic heterocycles. The van der Waals surface area contributed by atoms with Crippen molar-refractivity contribution in [3.8, 4) is 5.75 Å². The average molecular weight is 482 g/mol. The highest BCUT2D eigenvalue weighted by Gasteiger charge is 2.26. The van der Waals surface area contributed by atoms with Crippen molar-refractivity contribution in [3.05, 3.63) is 29.6 Å². The third-order valence-electron chi connectivity index (χ3n) is 6.84. The van der Waals surface area contributed by atoms with Crippen LogP contribution in [-0.4, -0.2) is 38.3 Å². The molecule has 1 aromatic rings. The zero-order valence-electron chi connectivity index (χ0n) is 19.5. The summed E-state index contributed by atoms with van der Waals surface area (Å²) in [5.74, 6) is -0.465. The number of imide groups is 1. The van der Waals surface area contributed by atoms with E-state index in [-0.39, 0.29) is 40.9 Å². The Bertz CT molecular complexity index is 927. The molecule has 6 nitrogen and oxygen atoms in total. The first-order valence-corrected chi connectivity index (χ1v) is 14.0. The van der Waals surface area contributed by atoms with E-state index in [9.17, 15) is 22.4 Å². The van der Waals surface area contributed by atoms with Crippen molar-refractivity contribution >= 4 is 21.7 Å². The van der Waals surface area contributed by atoms with E-state index in [1.165, 1.54) is 18.9 Å². The van der Waals surface area contributed by atoms with Gasteiger partial charge in [0.1, 0.15) is 0 Å². The summed E-state index contributed by atoms with van der Waals surface area (Å²) in [6.45, 7) is 2.35. The van der Waals surface area contributed by atoms with E-state index in [0.29, 0.717) is 38.2 Å². The fraction of sp³-hybridized carbons (Fsp3) is 0.680. The van der Waals surface area contributed by atoms with Gasteiger partial charge in [0.25, 0.3) is 0 Å². The van der Waals surface area contributed by atoms with Crippen molar-refractivity contribution in [2.75, 3.05) is 18.1 Å². The van der Waals surface area contributed by atoms with Crippen molar-refractivity contribution in [1.29, 1.82) is 0 Å². The van der Waals surface area contributed by atoms with Gasteiger partial charge in [0.15, 0.2) is 21.4 Å². The second-order valence-corrected chi connectivity index (χ2v) is 11.9. The molecule has 1 unspecified atom stereocenters. The highest BCUT2D eigenvalue weighted by molar-refractivity contribution is 7.91. The first-order valence-electron chi connectivity index (χ1n) is 12.2. The van der Waals surface area contributed by atoms with Crippen LogP contribution in [0.3, 0.4) is 0 Å². The van der Waals surface area contributed by atoms with Crippen LogP contribution in [-0.2, 0) is 19.4 Å². The van der Waals surface area contributed by atoms with E-state index < -0.39 is 15.7 Å². The molecule has 0 radical (unpaired) electrons. The first kappa shape index (κ1) is 25.7. The van der Waals surface area contributed by atoms with E-state index in [0.717, 1.165) is 31.2 Å². The van der Waals surface area contributed by atoms with E-state index in [1.807, 2.05) is 6.92 Å². The molecule has 2 fully saturated rings. The molecule has 2 amide bonds. The minimum Gasteiger partial charge on any atom is -0.490 e. The van der Waals surface area contributed by atoms with Gasteiger partial charge in [-0.15, -0.1) is 0 Å². The molecular formula is C25H36FNO5S. The fourth-order valence-electron chi connectivity index (χ4n) is 4.79. The van der Waals surface area contributed by atoms with Gasteiger partial charge in [0, 0.05) is 12.3 Å². The average Bonchev–Trinajstić information content (AvgIpc) is 3.27. The number of piperidine rings is 1. The number of unbranched alkanes of at least 4 members (excludes halogenated alkanes) is 2. The SMILES string of the molecule is C[C@@H](CS(=O)(=O)CCCCCC1CCC(=O)NC1=O)c1ccc(F)c(OCC2CCCC2)c1. The second-order valence-electron chi connectivity index (χ2n) is 9.66. The van der Waals surface area contributed by atoms with E-state index in [2.05, 4.69) is 5.32 Å². The molecule has 2 aliphatic rings. The summed E-state index contributed by atoms with van der Waals surface area (Å²) < 4.78 is 45.1. The zero-order valence-corrected chi connectivity index (χ0v) is 20.3. The Balaban J connectivity index is 1.41. The van der Waals surface area contributed by atoms with Gasteiger partial charge in [-0.2, -0.15) is 0 Å². The van der Waals surface area contributed by atoms with Crippen LogP contribution in [0.4, 0.5) is 4.39 Å². The number of sulfone groups is 1. The number of benzene rings is 1. The van der Waals surface area contributed by atoms with Crippen molar-refractivity contribution in [2.45, 2.75) is 77.0 Å². The molecule has 1 saturated carbocycles. The number of hydrogen-bond acceptors (Lipinski definition) is 5. The summed E-state index contributed by atoms with van der Waals surface area (Å²) in [6, 6.07) is 4.64. The number of amides is 2. The Morgan fingerprint density at radius 3 is 2.61 bits per heavy atom. The van der Waals surface area contributed by atoms with Crippen molar-refractivity contribution in [2.24, 2.45) is 11.8 Å². The zero-order chi connectivity index (χ0) is 23.8. The maximum absolute atomic E-state index is 14.2. The van der Waals surface area contributed by atoms with Gasteiger partial charge in [-0.1, -0.05) is 38.7 Å². The van der Waals surface area contributed by atoms with Crippen molar-refractivity contribution in [1.82, 2.24) is 5.32 Å². The quantitative estimate of drug-likeness (QED) is 0.350. The maximum Gasteiger partial charge on any atom is 0.229 e. The molecule has 8 heteroatoms. The molecule has 1 aromatic carbocycles. The number of hydrogen-bond donors (Lipinski definition) is 1. The molecule has 2 atom stereocenters. The highest BCUT2D eigenvalue weighted by atomic mass is 32.2. The van der Waals surface area contributed by atoms with E-state index >= 15 is 0 Å². The van der Waals surface area contributed by atoms with E-state index in [4.69, 9.17) is 4.74 Å². The Labute approximate surface area is 196 Å². The summed E-state index contributed by atoms with van der Waals surface area (Å²) >= 11 is 0. The number of carbonyl (C=O) groups excluding carboxylic acids is 2. The molecule has 0 bridgehead atoms. The van der Waals surface area contributed by atoms with Gasteiger partial charge >= 0.3 is 0 Å². The Hall–Kier alpha value is -1.96. The van der Waals surface area contributed by atoms with E-state index in [1.54, 1.807) is 12.1 Å². The van der Waals surface area contributed by atoms with Crippen LogP contribution < -0.4 is 10.1 Å². The fourth-order valence-corrected chi connectivity index (χ4v) is 6.55. The van der Waals surface area contributed by atoms with Crippen LogP contribution in [0.25, 0.3) is 0 Å². The van der Waals surface area contributed by atoms with Gasteiger partial charge in [-0.05, 0) is 61.6 Å². The largest absolute Gasteiger partial charge is 0.490 e. The Morgan fingerprint density at radius 1 is 1.12 bits per heavy atom. The number of ether oxygens (including phenoxy) is 1. The molecule has 0 spiro atoms. The summed E-state index contributed by atoms with van der Waals surface area (Å²) in [6.07, 6.45) is 8.27. The van der Waals surface area contributed by atoms with Crippen LogP contribution in [0.1, 0.15) is 82.6 Å². The van der Waals surface area contributed by atoms with Gasteiger partial charge in [0.05, 0.1) is 18.1 Å². The third-order valence-corrected chi connectivity index (χ3v) is 8.76. The summed E-state index contributed by atoms with van der Waals surface area (Å²) in [5, 5.41) is 2.35. The number of halogens is 1. The lowest BCUT2D eigenvalue weighted by atomic mass is 9.92. The van der Waals surface area contributed by atoms with Crippen molar-refractivity contribution < 1.29 is 27.1 Å². The predicted molar refractivity (Wildman–Crippen MR) is 125 cm³/mol. The summed E-state index contributed by atoms with van der Waals surface area (Å²) in [5.41, 5.74) is 0.763. The molecule has 1 N–H and O–H groups in total. The van der Waals surface area contributed by atoms with Crippen molar-refractivity contribution in [3.63, 3.8) is 0 Å². The van der Waals surface area contributed by atoms with Crippen LogP contribution in [0.2, 0.25) is 0 Å². The van der Waals surface area contributed by atoms with Crippen LogP contribution in [0.15, 0.2) is 18.2 Å². The van der Waals surface area contributed by atoms with Gasteiger partial charge in [-0.25, -0.2) is 12.8 Å². The molecule has 33 heavy (non-hydrogen) atoms. The minimum absolute atomic E-state index is 0.00778. The minimum atomic E-state index is -3.26. The lowest BCUT2D eigenvalue weighted by Gasteiger charge is -2.20. The molecular weight excluding hydrogens is 445 g/mol. The normalized spacial score (nSPS) is 20.6. The van der Waals surface area contributed by atoms with Crippen LogP contribution in [0, 0.1) is 17.7 Å². The summed E-state index contributed by atoms with van der Waals surface area (Å²) in [7, 11) is -3.26. The van der Waals surface area contributed by atoms with Crippen LogP contribution >= 0.6 is 0 Å². The molecule has 1 aliphatic heterocycles. The molecule has 1 heterocycles. The standard InChI is InChI=1S/C25H36FNO5S/c1-18(21-10-12-22(26)23(15-21)32-16-19-7-4-5-8-19)17-33(30,31)14-6-2-3-9-20-11-13-24(28)27-25(20)29/h10,12,15,18-20H,2-9,11,13-14,16-17H2,1H3,(H,27,28,29)/t18-,20?/m0/s1. The highest BCUT2D eigenvalue weighted by Crippen LogP contribution is 2.29. The lowest BCUT2D eigenvalue weighted by Crippen LogP contribution is -2.40. The Kier molecular flexibility index (Phi) is 9.29. The smallest absolute Gasteiger partial charge is 0.229 e. The van der Waals surface area contributed by atoms with Gasteiger partial charge in [0.2, 0.25) is 11.8 Å². The number of nitrogens with one attached hydrogen (secondary N) is 1. The maximum atomic E-state index is 14.2. The second kappa shape index (κ2) is 12.0. The topological polar surface area (TPSA) is 89.5 Å². The molecule has 3 rings (SSSR count). The molecule has 1 aliphatic carbocycles. The number of rotatable bonds is 12. The first-order chi connectivity index (χ1) is 15.7. The number of carbonyl (C=O) groups is 2. The van der Waals surface area contributed by atoms with Crippen LogP contribution in [0.5, 0.6) is 5.75 Å². The van der Waals surface area contributed by atoms with Gasteiger partial charge in [-0.3, -0.25) is 14.9 Å². The third kappa shape index (κ3) is 8.09. The summed E-state index contributed by atoms with van der Waals surface area (Å²) in [4.78, 5) is 23.0. The molecule has 1 saturated heterocycles. The monoisotopic (exact) mass is 481 g/mol. The molecule has 184 valence electrons. The lowest BCUT2D eigenvalue weighted by molar-refractivity contribution is -0.136.